The van der Waals surface area contributed by atoms with Crippen molar-refractivity contribution < 1.29 is 4.79 Å². The molecule has 18 heavy (non-hydrogen) atoms. The van der Waals surface area contributed by atoms with Crippen molar-refractivity contribution >= 4 is 39.3 Å². The molecule has 0 aliphatic rings. The quantitative estimate of drug-likeness (QED) is 0.881. The van der Waals surface area contributed by atoms with Gasteiger partial charge in [-0.1, -0.05) is 0 Å². The molecule has 1 N–H and O–H groups in total. The van der Waals surface area contributed by atoms with Crippen molar-refractivity contribution in [3.05, 3.63) is 40.0 Å². The van der Waals surface area contributed by atoms with Crippen molar-refractivity contribution in [2.75, 3.05) is 5.32 Å². The molecule has 0 spiro atoms. The second-order valence-corrected chi connectivity index (χ2v) is 4.75. The molecule has 0 fully saturated rings. The van der Waals surface area contributed by atoms with Crippen LogP contribution in [0.25, 0.3) is 0 Å². The lowest BCUT2D eigenvalue weighted by molar-refractivity contribution is 0.101. The number of aryl methyl sites for hydroxylation is 1. The zero-order chi connectivity index (χ0) is 13.1. The van der Waals surface area contributed by atoms with Crippen molar-refractivity contribution in [1.29, 1.82) is 0 Å². The fraction of sp³-hybridized carbons (Fsp3) is 0.182. The topological polar surface area (TPSA) is 59.8 Å². The van der Waals surface area contributed by atoms with Gasteiger partial charge in [0, 0.05) is 23.4 Å². The average Bonchev–Trinajstić information content (AvgIpc) is 2.70. The van der Waals surface area contributed by atoms with Crippen LogP contribution in [0.2, 0.25) is 5.28 Å². The first-order valence-electron chi connectivity index (χ1n) is 5.25. The van der Waals surface area contributed by atoms with Crippen LogP contribution in [0, 0.1) is 0 Å². The fourth-order valence-electron chi connectivity index (χ4n) is 1.51. The Labute approximate surface area is 117 Å². The van der Waals surface area contributed by atoms with Crippen molar-refractivity contribution in [2.45, 2.75) is 13.5 Å². The Bertz CT molecular complexity index is 584. The summed E-state index contributed by atoms with van der Waals surface area (Å²) in [6.07, 6.45) is 3.33. The molecule has 7 heteroatoms. The number of anilines is 1. The van der Waals surface area contributed by atoms with E-state index in [0.717, 1.165) is 4.47 Å². The first-order valence-corrected chi connectivity index (χ1v) is 6.43. The van der Waals surface area contributed by atoms with Crippen molar-refractivity contribution in [3.63, 3.8) is 0 Å². The highest BCUT2D eigenvalue weighted by molar-refractivity contribution is 9.10. The molecule has 0 aliphatic carbocycles. The van der Waals surface area contributed by atoms with E-state index in [1.54, 1.807) is 12.1 Å². The highest BCUT2D eigenvalue weighted by Crippen LogP contribution is 2.16. The second kappa shape index (κ2) is 5.49. The van der Waals surface area contributed by atoms with E-state index in [1.807, 2.05) is 17.7 Å². The molecule has 94 valence electrons. The van der Waals surface area contributed by atoms with Gasteiger partial charge in [-0.25, -0.2) is 9.97 Å². The number of nitrogens with zero attached hydrogens (tertiary/aromatic N) is 3. The summed E-state index contributed by atoms with van der Waals surface area (Å²) in [5, 5.41) is 2.77. The minimum Gasteiger partial charge on any atom is -0.343 e. The van der Waals surface area contributed by atoms with E-state index < -0.39 is 0 Å². The molecule has 2 rings (SSSR count). The lowest BCUT2D eigenvalue weighted by Gasteiger charge is -2.06. The zero-order valence-electron chi connectivity index (χ0n) is 9.52. The monoisotopic (exact) mass is 328 g/mol. The highest BCUT2D eigenvalue weighted by Gasteiger charge is 2.13. The predicted octanol–water partition coefficient (Wildman–Crippen LogP) is 2.97. The Balaban J connectivity index is 2.21. The number of carbonyl (C=O) groups is 1. The molecule has 0 radical (unpaired) electrons. The van der Waals surface area contributed by atoms with Crippen LogP contribution in [0.15, 0.2) is 29.0 Å². The van der Waals surface area contributed by atoms with Crippen LogP contribution < -0.4 is 5.32 Å². The summed E-state index contributed by atoms with van der Waals surface area (Å²) < 4.78 is 2.69. The van der Waals surface area contributed by atoms with Crippen LogP contribution in [0.1, 0.15) is 17.4 Å². The van der Waals surface area contributed by atoms with E-state index in [4.69, 9.17) is 11.6 Å². The lowest BCUT2D eigenvalue weighted by Crippen LogP contribution is -2.17. The van der Waals surface area contributed by atoms with E-state index in [1.165, 1.54) is 6.20 Å². The van der Waals surface area contributed by atoms with Gasteiger partial charge in [0.15, 0.2) is 0 Å². The Morgan fingerprint density at radius 1 is 1.61 bits per heavy atom. The van der Waals surface area contributed by atoms with Gasteiger partial charge in [-0.3, -0.25) is 4.79 Å². The Kier molecular flexibility index (Phi) is 3.98. The third-order valence-corrected chi connectivity index (χ3v) is 2.92. The number of hydrogen-bond donors (Lipinski definition) is 1. The normalized spacial score (nSPS) is 10.4. The second-order valence-electron chi connectivity index (χ2n) is 3.49. The average molecular weight is 330 g/mol. The lowest BCUT2D eigenvalue weighted by atomic mass is 10.4. The number of rotatable bonds is 3. The Morgan fingerprint density at radius 2 is 2.39 bits per heavy atom. The molecule has 0 saturated heterocycles. The molecule has 0 aromatic carbocycles. The van der Waals surface area contributed by atoms with Gasteiger partial charge in [-0.15, -0.1) is 0 Å². The SMILES string of the molecule is CCn1cc(Br)cc1C(=O)Nc1ccnc(Cl)n1. The molecule has 2 heterocycles. The number of halogens is 2. The molecule has 5 nitrogen and oxygen atoms in total. The molecular formula is C11H10BrClN4O. The summed E-state index contributed by atoms with van der Waals surface area (Å²) in [7, 11) is 0. The van der Waals surface area contributed by atoms with Crippen molar-refractivity contribution in [1.82, 2.24) is 14.5 Å². The van der Waals surface area contributed by atoms with Crippen LogP contribution >= 0.6 is 27.5 Å². The summed E-state index contributed by atoms with van der Waals surface area (Å²) in [6, 6.07) is 3.33. The van der Waals surface area contributed by atoms with E-state index in [2.05, 4.69) is 31.2 Å². The fourth-order valence-corrected chi connectivity index (χ4v) is 2.12. The third kappa shape index (κ3) is 2.88. The zero-order valence-corrected chi connectivity index (χ0v) is 11.9. The number of nitrogens with one attached hydrogen (secondary N) is 1. The molecule has 0 bridgehead atoms. The van der Waals surface area contributed by atoms with E-state index in [0.29, 0.717) is 18.1 Å². The third-order valence-electron chi connectivity index (χ3n) is 2.30. The first-order chi connectivity index (χ1) is 8.60. The molecular weight excluding hydrogens is 320 g/mol. The van der Waals surface area contributed by atoms with Gasteiger partial charge >= 0.3 is 0 Å². The Hall–Kier alpha value is -1.40. The van der Waals surface area contributed by atoms with Crippen molar-refractivity contribution in [3.8, 4) is 0 Å². The summed E-state index contributed by atoms with van der Waals surface area (Å²) in [5.41, 5.74) is 0.555. The smallest absolute Gasteiger partial charge is 0.273 e. The number of carbonyl (C=O) groups excluding carboxylic acids is 1. The maximum absolute atomic E-state index is 12.1. The summed E-state index contributed by atoms with van der Waals surface area (Å²) in [4.78, 5) is 19.7. The number of aromatic nitrogens is 3. The predicted molar refractivity (Wildman–Crippen MR) is 72.8 cm³/mol. The summed E-state index contributed by atoms with van der Waals surface area (Å²) in [5.74, 6) is 0.136. The molecule has 0 aliphatic heterocycles. The molecule has 2 aromatic heterocycles. The van der Waals surface area contributed by atoms with Gasteiger partial charge in [-0.05, 0) is 46.6 Å². The minimum atomic E-state index is -0.239. The van der Waals surface area contributed by atoms with Crippen LogP contribution in [-0.2, 0) is 6.54 Å². The van der Waals surface area contributed by atoms with Gasteiger partial charge < -0.3 is 9.88 Å². The molecule has 0 saturated carbocycles. The van der Waals surface area contributed by atoms with Gasteiger partial charge in [0.05, 0.1) is 0 Å². The molecule has 1 amide bonds. The van der Waals surface area contributed by atoms with Gasteiger partial charge in [0.1, 0.15) is 11.5 Å². The van der Waals surface area contributed by atoms with Crippen molar-refractivity contribution in [2.24, 2.45) is 0 Å². The maximum atomic E-state index is 12.1. The maximum Gasteiger partial charge on any atom is 0.273 e. The number of hydrogen-bond acceptors (Lipinski definition) is 3. The van der Waals surface area contributed by atoms with E-state index in [-0.39, 0.29) is 11.2 Å². The van der Waals surface area contributed by atoms with Crippen LogP contribution in [0.4, 0.5) is 5.82 Å². The van der Waals surface area contributed by atoms with Crippen LogP contribution in [-0.4, -0.2) is 20.4 Å². The summed E-state index contributed by atoms with van der Waals surface area (Å²) in [6.45, 7) is 2.67. The van der Waals surface area contributed by atoms with Gasteiger partial charge in [-0.2, -0.15) is 0 Å². The van der Waals surface area contributed by atoms with Gasteiger partial charge in [0.25, 0.3) is 5.91 Å². The van der Waals surface area contributed by atoms with E-state index in [9.17, 15) is 4.79 Å². The minimum absolute atomic E-state index is 0.0971. The first kappa shape index (κ1) is 13.0. The summed E-state index contributed by atoms with van der Waals surface area (Å²) >= 11 is 8.99. The van der Waals surface area contributed by atoms with Crippen LogP contribution in [0.5, 0.6) is 0 Å². The van der Waals surface area contributed by atoms with Gasteiger partial charge in [0.2, 0.25) is 5.28 Å². The standard InChI is InChI=1S/C11H10BrClN4O/c1-2-17-6-7(12)5-8(17)10(18)15-9-3-4-14-11(13)16-9/h3-6H,2H2,1H3,(H,14,15,16,18). The molecule has 0 unspecified atom stereocenters. The molecule has 2 aromatic rings. The Morgan fingerprint density at radius 3 is 3.06 bits per heavy atom. The number of amides is 1. The largest absolute Gasteiger partial charge is 0.343 e. The highest BCUT2D eigenvalue weighted by atomic mass is 79.9. The van der Waals surface area contributed by atoms with Crippen LogP contribution in [0.3, 0.4) is 0 Å². The van der Waals surface area contributed by atoms with E-state index >= 15 is 0 Å². The molecule has 0 atom stereocenters.